The van der Waals surface area contributed by atoms with Crippen molar-refractivity contribution in [3.8, 4) is 11.1 Å². The van der Waals surface area contributed by atoms with Crippen LogP contribution < -0.4 is 5.32 Å². The highest BCUT2D eigenvalue weighted by Gasteiger charge is 2.29. The van der Waals surface area contributed by atoms with E-state index in [0.717, 1.165) is 35.1 Å². The third-order valence-corrected chi connectivity index (χ3v) is 5.30. The molecule has 0 atom stereocenters. The van der Waals surface area contributed by atoms with E-state index in [4.69, 9.17) is 4.74 Å². The smallest absolute Gasteiger partial charge is 0.412 e. The lowest BCUT2D eigenvalue weighted by Crippen LogP contribution is -2.19. The molecule has 0 spiro atoms. The lowest BCUT2D eigenvalue weighted by molar-refractivity contribution is 0.0692. The maximum absolute atomic E-state index is 12.4. The van der Waals surface area contributed by atoms with Gasteiger partial charge in [-0.1, -0.05) is 61.9 Å². The zero-order valence-electron chi connectivity index (χ0n) is 16.6. The maximum Gasteiger partial charge on any atom is 0.412 e. The van der Waals surface area contributed by atoms with E-state index in [9.17, 15) is 14.7 Å². The van der Waals surface area contributed by atoms with Crippen molar-refractivity contribution in [2.75, 3.05) is 11.9 Å². The molecule has 3 N–H and O–H groups in total. The monoisotopic (exact) mass is 405 g/mol. The number of fused-ring (bicyclic) bond motifs is 3. The second-order valence-corrected chi connectivity index (χ2v) is 7.27. The number of carbonyl (C=O) groups is 2. The van der Waals surface area contributed by atoms with Crippen molar-refractivity contribution < 1.29 is 19.4 Å². The average molecular weight is 405 g/mol. The summed E-state index contributed by atoms with van der Waals surface area (Å²) in [5, 5.41) is 11.9. The number of aromatic nitrogens is 2. The SMILES string of the molecule is CCCCc1nc(NC(=O)OCC2c3ccccc3-c3ccccc32)c(C(=O)O)[nH]1. The number of hydrogen-bond acceptors (Lipinski definition) is 4. The van der Waals surface area contributed by atoms with Crippen LogP contribution in [0.2, 0.25) is 0 Å². The van der Waals surface area contributed by atoms with E-state index < -0.39 is 12.1 Å². The van der Waals surface area contributed by atoms with Gasteiger partial charge in [0.15, 0.2) is 11.5 Å². The lowest BCUT2D eigenvalue weighted by atomic mass is 9.98. The van der Waals surface area contributed by atoms with Gasteiger partial charge in [-0.3, -0.25) is 5.32 Å². The summed E-state index contributed by atoms with van der Waals surface area (Å²) in [6, 6.07) is 16.1. The van der Waals surface area contributed by atoms with E-state index in [1.54, 1.807) is 0 Å². The van der Waals surface area contributed by atoms with Crippen LogP contribution >= 0.6 is 0 Å². The van der Waals surface area contributed by atoms with Crippen LogP contribution in [0, 0.1) is 0 Å². The van der Waals surface area contributed by atoms with Crippen LogP contribution in [0.3, 0.4) is 0 Å². The third kappa shape index (κ3) is 3.78. The number of aromatic amines is 1. The van der Waals surface area contributed by atoms with Gasteiger partial charge in [-0.05, 0) is 28.7 Å². The zero-order chi connectivity index (χ0) is 21.1. The van der Waals surface area contributed by atoms with Gasteiger partial charge < -0.3 is 14.8 Å². The number of benzene rings is 2. The van der Waals surface area contributed by atoms with E-state index in [1.165, 1.54) is 0 Å². The lowest BCUT2D eigenvalue weighted by Gasteiger charge is -2.14. The number of nitrogens with one attached hydrogen (secondary N) is 2. The van der Waals surface area contributed by atoms with E-state index in [0.29, 0.717) is 12.2 Å². The Kier molecular flexibility index (Phi) is 5.52. The number of unbranched alkanes of at least 4 members (excludes halogenated alkanes) is 1. The van der Waals surface area contributed by atoms with Gasteiger partial charge in [-0.25, -0.2) is 14.6 Å². The molecule has 0 bridgehead atoms. The third-order valence-electron chi connectivity index (χ3n) is 5.30. The van der Waals surface area contributed by atoms with Crippen LogP contribution in [0.1, 0.15) is 53.1 Å². The largest absolute Gasteiger partial charge is 0.476 e. The fourth-order valence-electron chi connectivity index (χ4n) is 3.86. The molecule has 30 heavy (non-hydrogen) atoms. The maximum atomic E-state index is 12.4. The van der Waals surface area contributed by atoms with Crippen molar-refractivity contribution in [2.24, 2.45) is 0 Å². The summed E-state index contributed by atoms with van der Waals surface area (Å²) < 4.78 is 5.47. The van der Waals surface area contributed by atoms with Gasteiger partial charge in [0.1, 0.15) is 12.4 Å². The van der Waals surface area contributed by atoms with Gasteiger partial charge in [0.25, 0.3) is 0 Å². The fraction of sp³-hybridized carbons (Fsp3) is 0.261. The number of amides is 1. The van der Waals surface area contributed by atoms with E-state index >= 15 is 0 Å². The minimum absolute atomic E-state index is 0.0224. The standard InChI is InChI=1S/C23H23N3O4/c1-2-3-12-19-24-20(22(27)28)21(25-19)26-23(29)30-13-18-16-10-6-4-8-14(16)15-9-5-7-11-17(15)18/h4-11,18H,2-3,12-13H2,1H3,(H,24,25)(H,26,29)(H,27,28). The summed E-state index contributed by atoms with van der Waals surface area (Å²) in [7, 11) is 0. The molecule has 3 aromatic rings. The van der Waals surface area contributed by atoms with Crippen LogP contribution in [0.5, 0.6) is 0 Å². The summed E-state index contributed by atoms with van der Waals surface area (Å²) in [5.41, 5.74) is 4.36. The van der Waals surface area contributed by atoms with Gasteiger partial charge in [-0.2, -0.15) is 0 Å². The molecule has 1 aliphatic rings. The molecule has 1 amide bonds. The zero-order valence-corrected chi connectivity index (χ0v) is 16.6. The van der Waals surface area contributed by atoms with Crippen LogP contribution in [-0.4, -0.2) is 33.7 Å². The highest BCUT2D eigenvalue weighted by atomic mass is 16.5. The second-order valence-electron chi connectivity index (χ2n) is 7.27. The first-order valence-corrected chi connectivity index (χ1v) is 10.0. The number of anilines is 1. The molecule has 0 aliphatic heterocycles. The highest BCUT2D eigenvalue weighted by molar-refractivity contribution is 5.96. The molecule has 0 radical (unpaired) electrons. The Bertz CT molecular complexity index is 1040. The number of rotatable bonds is 7. The molecular weight excluding hydrogens is 382 g/mol. The number of ether oxygens (including phenoxy) is 1. The predicted octanol–water partition coefficient (Wildman–Crippen LogP) is 4.81. The summed E-state index contributed by atoms with van der Waals surface area (Å²) in [6.45, 7) is 2.19. The molecule has 4 rings (SSSR count). The number of imidazole rings is 1. The number of carbonyl (C=O) groups excluding carboxylic acids is 1. The first-order chi connectivity index (χ1) is 14.6. The van der Waals surface area contributed by atoms with Crippen molar-refractivity contribution in [1.29, 1.82) is 0 Å². The molecule has 0 fully saturated rings. The first-order valence-electron chi connectivity index (χ1n) is 10.0. The van der Waals surface area contributed by atoms with Gasteiger partial charge >= 0.3 is 12.1 Å². The summed E-state index contributed by atoms with van der Waals surface area (Å²) in [5.74, 6) is -0.741. The molecular formula is C23H23N3O4. The Morgan fingerprint density at radius 1 is 1.10 bits per heavy atom. The van der Waals surface area contributed by atoms with Crippen molar-refractivity contribution in [3.05, 3.63) is 71.2 Å². The minimum Gasteiger partial charge on any atom is -0.476 e. The fourth-order valence-corrected chi connectivity index (χ4v) is 3.86. The number of aryl methyl sites for hydroxylation is 1. The molecule has 0 unspecified atom stereocenters. The average Bonchev–Trinajstić information content (AvgIpc) is 3.30. The number of H-pyrrole nitrogens is 1. The number of carboxylic acids is 1. The van der Waals surface area contributed by atoms with Crippen LogP contribution in [0.15, 0.2) is 48.5 Å². The second kappa shape index (κ2) is 8.41. The van der Waals surface area contributed by atoms with E-state index in [2.05, 4.69) is 27.4 Å². The highest BCUT2D eigenvalue weighted by Crippen LogP contribution is 2.44. The van der Waals surface area contributed by atoms with Gasteiger partial charge in [0.2, 0.25) is 0 Å². The molecule has 0 saturated carbocycles. The van der Waals surface area contributed by atoms with Crippen molar-refractivity contribution in [1.82, 2.24) is 9.97 Å². The van der Waals surface area contributed by atoms with Gasteiger partial charge in [-0.15, -0.1) is 0 Å². The minimum atomic E-state index is -1.18. The molecule has 0 saturated heterocycles. The Hall–Kier alpha value is -3.61. The van der Waals surface area contributed by atoms with Crippen LogP contribution in [0.25, 0.3) is 11.1 Å². The van der Waals surface area contributed by atoms with Gasteiger partial charge in [0, 0.05) is 12.3 Å². The summed E-state index contributed by atoms with van der Waals surface area (Å²) in [6.07, 6.45) is 1.71. The number of carboxylic acid groups (broad SMARTS) is 1. The van der Waals surface area contributed by atoms with Crippen molar-refractivity contribution >= 4 is 17.9 Å². The van der Waals surface area contributed by atoms with E-state index in [1.807, 2.05) is 43.3 Å². The molecule has 1 aromatic heterocycles. The normalized spacial score (nSPS) is 12.3. The molecule has 7 heteroatoms. The molecule has 1 heterocycles. The molecule has 7 nitrogen and oxygen atoms in total. The Labute approximate surface area is 174 Å². The molecule has 154 valence electrons. The van der Waals surface area contributed by atoms with Crippen LogP contribution in [-0.2, 0) is 11.2 Å². The Balaban J connectivity index is 1.47. The Morgan fingerprint density at radius 2 is 1.73 bits per heavy atom. The molecule has 1 aliphatic carbocycles. The number of nitrogens with zero attached hydrogens (tertiary/aromatic N) is 1. The van der Waals surface area contributed by atoms with Gasteiger partial charge in [0.05, 0.1) is 0 Å². The predicted molar refractivity (Wildman–Crippen MR) is 113 cm³/mol. The molecule has 2 aromatic carbocycles. The summed E-state index contributed by atoms with van der Waals surface area (Å²) >= 11 is 0. The Morgan fingerprint density at radius 3 is 2.33 bits per heavy atom. The topological polar surface area (TPSA) is 104 Å². The van der Waals surface area contributed by atoms with Crippen LogP contribution in [0.4, 0.5) is 10.6 Å². The quantitative estimate of drug-likeness (QED) is 0.523. The summed E-state index contributed by atoms with van der Waals surface area (Å²) in [4.78, 5) is 30.9. The van der Waals surface area contributed by atoms with E-state index in [-0.39, 0.29) is 24.0 Å². The number of aromatic carboxylic acids is 1. The van der Waals surface area contributed by atoms with Crippen molar-refractivity contribution in [3.63, 3.8) is 0 Å². The first kappa shape index (κ1) is 19.7. The van der Waals surface area contributed by atoms with Crippen molar-refractivity contribution in [2.45, 2.75) is 32.1 Å². The number of hydrogen-bond donors (Lipinski definition) is 3.